The molecule has 3 aromatic carbocycles. The van der Waals surface area contributed by atoms with E-state index in [1.807, 2.05) is 25.1 Å². The molecule has 0 spiro atoms. The van der Waals surface area contributed by atoms with Gasteiger partial charge in [-0.2, -0.15) is 0 Å². The molecule has 162 valence electrons. The number of anilines is 2. The van der Waals surface area contributed by atoms with E-state index in [0.29, 0.717) is 11.3 Å². The van der Waals surface area contributed by atoms with Crippen LogP contribution in [0.25, 0.3) is 10.9 Å². The predicted molar refractivity (Wildman–Crippen MR) is 123 cm³/mol. The number of aromatic nitrogens is 1. The number of para-hydroxylation sites is 2. The fraction of sp³-hybridized carbons (Fsp3) is 0.0833. The maximum absolute atomic E-state index is 13.2. The third kappa shape index (κ3) is 4.45. The molecule has 4 rings (SSSR count). The van der Waals surface area contributed by atoms with Crippen LogP contribution in [0.4, 0.5) is 15.8 Å². The lowest BCUT2D eigenvalue weighted by Crippen LogP contribution is -2.18. The van der Waals surface area contributed by atoms with Gasteiger partial charge in [-0.15, -0.1) is 0 Å². The molecular formula is C24H20FN3O3S. The summed E-state index contributed by atoms with van der Waals surface area (Å²) in [6.45, 7) is 3.71. The van der Waals surface area contributed by atoms with E-state index in [4.69, 9.17) is 0 Å². The summed E-state index contributed by atoms with van der Waals surface area (Å²) in [6, 6.07) is 18.5. The van der Waals surface area contributed by atoms with Crippen LogP contribution >= 0.6 is 0 Å². The molecule has 1 aromatic heterocycles. The highest BCUT2D eigenvalue weighted by Gasteiger charge is 2.18. The number of hydrogen-bond donors (Lipinski definition) is 2. The number of rotatable bonds is 5. The molecule has 0 aliphatic carbocycles. The van der Waals surface area contributed by atoms with Gasteiger partial charge in [-0.05, 0) is 68.4 Å². The van der Waals surface area contributed by atoms with Crippen LogP contribution in [-0.4, -0.2) is 19.3 Å². The molecule has 1 amide bonds. The van der Waals surface area contributed by atoms with Gasteiger partial charge in [0.15, 0.2) is 0 Å². The van der Waals surface area contributed by atoms with Gasteiger partial charge in [-0.3, -0.25) is 14.5 Å². The van der Waals surface area contributed by atoms with Crippen molar-refractivity contribution in [3.63, 3.8) is 0 Å². The summed E-state index contributed by atoms with van der Waals surface area (Å²) in [6.07, 6.45) is 0. The van der Waals surface area contributed by atoms with Crippen molar-refractivity contribution in [2.24, 2.45) is 0 Å². The Hall–Kier alpha value is -3.78. The number of benzene rings is 3. The van der Waals surface area contributed by atoms with Crippen molar-refractivity contribution in [2.45, 2.75) is 18.7 Å². The van der Waals surface area contributed by atoms with Gasteiger partial charge < -0.3 is 5.32 Å². The molecule has 1 heterocycles. The summed E-state index contributed by atoms with van der Waals surface area (Å²) >= 11 is 0. The Morgan fingerprint density at radius 2 is 1.59 bits per heavy atom. The van der Waals surface area contributed by atoms with Gasteiger partial charge in [0.2, 0.25) is 0 Å². The van der Waals surface area contributed by atoms with E-state index in [-0.39, 0.29) is 16.3 Å². The fourth-order valence-corrected chi connectivity index (χ4v) is 4.39. The van der Waals surface area contributed by atoms with Crippen LogP contribution in [0.1, 0.15) is 21.6 Å². The highest BCUT2D eigenvalue weighted by molar-refractivity contribution is 7.92. The van der Waals surface area contributed by atoms with E-state index < -0.39 is 21.7 Å². The molecule has 0 saturated carbocycles. The lowest BCUT2D eigenvalue weighted by Gasteiger charge is -2.14. The minimum Gasteiger partial charge on any atom is -0.320 e. The molecule has 0 atom stereocenters. The zero-order valence-corrected chi connectivity index (χ0v) is 18.2. The monoisotopic (exact) mass is 449 g/mol. The number of carbonyl (C=O) groups excluding carboxylic acids is 1. The van der Waals surface area contributed by atoms with Crippen LogP contribution in [0.5, 0.6) is 0 Å². The van der Waals surface area contributed by atoms with Crippen LogP contribution < -0.4 is 10.0 Å². The first-order valence-electron chi connectivity index (χ1n) is 9.80. The normalized spacial score (nSPS) is 11.3. The van der Waals surface area contributed by atoms with Crippen molar-refractivity contribution in [3.05, 3.63) is 95.4 Å². The fourth-order valence-electron chi connectivity index (χ4n) is 3.31. The Balaban J connectivity index is 1.63. The van der Waals surface area contributed by atoms with E-state index in [0.717, 1.165) is 28.6 Å². The Morgan fingerprint density at radius 3 is 2.31 bits per heavy atom. The van der Waals surface area contributed by atoms with E-state index in [1.54, 1.807) is 31.2 Å². The standard InChI is InChI=1S/C24H20FN3O3S/c1-15-7-12-21-17(13-15)14-20(16(2)26-21)24(29)27-22-5-3-4-6-23(22)28-32(30,31)19-10-8-18(25)9-11-19/h3-14,28H,1-2H3,(H,27,29). The molecule has 32 heavy (non-hydrogen) atoms. The SMILES string of the molecule is Cc1ccc2nc(C)c(C(=O)Nc3ccccc3NS(=O)(=O)c3ccc(F)cc3)cc2c1. The molecule has 0 saturated heterocycles. The molecule has 0 fully saturated rings. The third-order valence-corrected chi connectivity index (χ3v) is 6.33. The topological polar surface area (TPSA) is 88.2 Å². The lowest BCUT2D eigenvalue weighted by atomic mass is 10.1. The molecule has 8 heteroatoms. The lowest BCUT2D eigenvalue weighted by molar-refractivity contribution is 0.102. The number of aryl methyl sites for hydroxylation is 2. The van der Waals surface area contributed by atoms with Crippen LogP contribution in [0.3, 0.4) is 0 Å². The van der Waals surface area contributed by atoms with Gasteiger partial charge in [0.1, 0.15) is 5.82 Å². The first-order chi connectivity index (χ1) is 15.2. The van der Waals surface area contributed by atoms with Gasteiger partial charge in [0.25, 0.3) is 15.9 Å². The second-order valence-corrected chi connectivity index (χ2v) is 9.06. The van der Waals surface area contributed by atoms with E-state index in [2.05, 4.69) is 15.0 Å². The minimum absolute atomic E-state index is 0.0926. The van der Waals surface area contributed by atoms with Crippen LogP contribution in [0, 0.1) is 19.7 Å². The first-order valence-corrected chi connectivity index (χ1v) is 11.3. The predicted octanol–water partition coefficient (Wildman–Crippen LogP) is 5.04. The quantitative estimate of drug-likeness (QED) is 0.447. The molecule has 0 radical (unpaired) electrons. The van der Waals surface area contributed by atoms with E-state index >= 15 is 0 Å². The Bertz CT molecular complexity index is 1440. The van der Waals surface area contributed by atoms with Crippen LogP contribution in [-0.2, 0) is 10.0 Å². The van der Waals surface area contributed by atoms with Crippen molar-refractivity contribution >= 4 is 38.2 Å². The summed E-state index contributed by atoms with van der Waals surface area (Å²) in [4.78, 5) is 17.4. The van der Waals surface area contributed by atoms with Crippen LogP contribution in [0.2, 0.25) is 0 Å². The largest absolute Gasteiger partial charge is 0.320 e. The van der Waals surface area contributed by atoms with Gasteiger partial charge in [0.05, 0.1) is 33.0 Å². The maximum atomic E-state index is 13.2. The van der Waals surface area contributed by atoms with Crippen molar-refractivity contribution in [1.82, 2.24) is 4.98 Å². The van der Waals surface area contributed by atoms with E-state index in [1.165, 1.54) is 18.2 Å². The third-order valence-electron chi connectivity index (χ3n) is 4.95. The molecule has 4 aromatic rings. The number of halogens is 1. The summed E-state index contributed by atoms with van der Waals surface area (Å²) in [7, 11) is -3.98. The average Bonchev–Trinajstić information content (AvgIpc) is 2.75. The summed E-state index contributed by atoms with van der Waals surface area (Å²) in [5.41, 5.74) is 3.26. The van der Waals surface area contributed by atoms with Gasteiger partial charge >= 0.3 is 0 Å². The molecule has 0 aliphatic rings. The second-order valence-electron chi connectivity index (χ2n) is 7.38. The number of nitrogens with one attached hydrogen (secondary N) is 2. The second kappa shape index (κ2) is 8.39. The number of carbonyl (C=O) groups is 1. The Labute approximate surface area is 185 Å². The van der Waals surface area contributed by atoms with Crippen molar-refractivity contribution in [1.29, 1.82) is 0 Å². The number of nitrogens with zero attached hydrogens (tertiary/aromatic N) is 1. The van der Waals surface area contributed by atoms with Crippen molar-refractivity contribution in [2.75, 3.05) is 10.0 Å². The molecular weight excluding hydrogens is 429 g/mol. The van der Waals surface area contributed by atoms with Crippen molar-refractivity contribution < 1.29 is 17.6 Å². The Kier molecular flexibility index (Phi) is 5.63. The number of fused-ring (bicyclic) bond motifs is 1. The van der Waals surface area contributed by atoms with Gasteiger partial charge in [0, 0.05) is 5.39 Å². The van der Waals surface area contributed by atoms with Gasteiger partial charge in [-0.25, -0.2) is 12.8 Å². The number of sulfonamides is 1. The zero-order chi connectivity index (χ0) is 22.9. The van der Waals surface area contributed by atoms with Crippen molar-refractivity contribution in [3.8, 4) is 0 Å². The van der Waals surface area contributed by atoms with Crippen LogP contribution in [0.15, 0.2) is 77.7 Å². The average molecular weight is 450 g/mol. The zero-order valence-electron chi connectivity index (χ0n) is 17.4. The molecule has 0 unspecified atom stereocenters. The molecule has 2 N–H and O–H groups in total. The summed E-state index contributed by atoms with van der Waals surface area (Å²) in [5.74, 6) is -0.946. The first kappa shape index (κ1) is 21.5. The van der Waals surface area contributed by atoms with Gasteiger partial charge in [-0.1, -0.05) is 23.8 Å². The summed E-state index contributed by atoms with van der Waals surface area (Å²) < 4.78 is 41.0. The maximum Gasteiger partial charge on any atom is 0.261 e. The molecule has 0 bridgehead atoms. The smallest absolute Gasteiger partial charge is 0.261 e. The highest BCUT2D eigenvalue weighted by Crippen LogP contribution is 2.26. The number of pyridine rings is 1. The Morgan fingerprint density at radius 1 is 0.906 bits per heavy atom. The minimum atomic E-state index is -3.98. The molecule has 0 aliphatic heterocycles. The molecule has 6 nitrogen and oxygen atoms in total. The summed E-state index contributed by atoms with van der Waals surface area (Å²) in [5, 5.41) is 3.60. The number of hydrogen-bond acceptors (Lipinski definition) is 4. The van der Waals surface area contributed by atoms with E-state index in [9.17, 15) is 17.6 Å². The highest BCUT2D eigenvalue weighted by atomic mass is 32.2. The number of amides is 1.